The molecule has 12 heteroatoms. The summed E-state index contributed by atoms with van der Waals surface area (Å²) >= 11 is 0. The van der Waals surface area contributed by atoms with Gasteiger partial charge in [-0.05, 0) is 36.7 Å². The van der Waals surface area contributed by atoms with Crippen molar-refractivity contribution in [2.24, 2.45) is 0 Å². The number of aromatic nitrogens is 4. The molecule has 40 heavy (non-hydrogen) atoms. The molecule has 214 valence electrons. The van der Waals surface area contributed by atoms with Crippen molar-refractivity contribution in [2.45, 2.75) is 19.8 Å². The fourth-order valence-electron chi connectivity index (χ4n) is 5.05. The maximum absolute atomic E-state index is 13.4. The molecular formula is C28H38N8O4. The van der Waals surface area contributed by atoms with Crippen LogP contribution in [0.15, 0.2) is 30.5 Å². The number of phenolic OH excluding ortho intramolecular Hbond substituents is 2. The number of hydrogen-bond acceptors (Lipinski definition) is 10. The lowest BCUT2D eigenvalue weighted by atomic mass is 9.98. The lowest BCUT2D eigenvalue weighted by molar-refractivity contribution is 0.0928. The maximum atomic E-state index is 13.4. The number of ether oxygens (including phenoxy) is 1. The normalized spacial score (nSPS) is 16.9. The van der Waals surface area contributed by atoms with E-state index in [0.29, 0.717) is 36.6 Å². The van der Waals surface area contributed by atoms with E-state index in [1.54, 1.807) is 16.8 Å². The van der Waals surface area contributed by atoms with Crippen LogP contribution < -0.4 is 10.2 Å². The molecule has 0 atom stereocenters. The largest absolute Gasteiger partial charge is 0.508 e. The topological polar surface area (TPSA) is 132 Å². The average molecular weight is 551 g/mol. The van der Waals surface area contributed by atoms with Crippen LogP contribution in [-0.4, -0.2) is 118 Å². The van der Waals surface area contributed by atoms with Gasteiger partial charge in [0.15, 0.2) is 5.82 Å². The maximum Gasteiger partial charge on any atom is 0.289 e. The number of phenols is 2. The van der Waals surface area contributed by atoms with Crippen molar-refractivity contribution in [1.82, 2.24) is 34.9 Å². The van der Waals surface area contributed by atoms with Crippen molar-refractivity contribution in [3.63, 3.8) is 0 Å². The summed E-state index contributed by atoms with van der Waals surface area (Å²) in [6.45, 7) is 11.9. The molecular weight excluding hydrogens is 512 g/mol. The second kappa shape index (κ2) is 12.2. The summed E-state index contributed by atoms with van der Waals surface area (Å²) < 4.78 is 7.06. The van der Waals surface area contributed by atoms with Crippen molar-refractivity contribution in [3.8, 4) is 28.6 Å². The van der Waals surface area contributed by atoms with Crippen LogP contribution in [0.3, 0.4) is 0 Å². The number of nitrogens with zero attached hydrogens (tertiary/aromatic N) is 7. The van der Waals surface area contributed by atoms with Gasteiger partial charge in [-0.15, -0.1) is 10.2 Å². The molecule has 3 N–H and O–H groups in total. The first-order valence-electron chi connectivity index (χ1n) is 13.8. The number of anilines is 1. The van der Waals surface area contributed by atoms with Gasteiger partial charge in [-0.1, -0.05) is 13.8 Å². The molecule has 12 nitrogen and oxygen atoms in total. The molecule has 3 aromatic rings. The quantitative estimate of drug-likeness (QED) is 0.381. The Kier molecular flexibility index (Phi) is 8.48. The van der Waals surface area contributed by atoms with Gasteiger partial charge >= 0.3 is 0 Å². The third-order valence-electron chi connectivity index (χ3n) is 7.51. The number of hydrogen-bond donors (Lipinski definition) is 3. The summed E-state index contributed by atoms with van der Waals surface area (Å²) in [6.07, 6.45) is 1.68. The van der Waals surface area contributed by atoms with Gasteiger partial charge in [-0.3, -0.25) is 14.3 Å². The lowest BCUT2D eigenvalue weighted by Gasteiger charge is -2.32. The number of morpholine rings is 1. The van der Waals surface area contributed by atoms with Crippen molar-refractivity contribution < 1.29 is 19.7 Å². The number of carbonyl (C=O) groups excluding carboxylic acids is 1. The van der Waals surface area contributed by atoms with E-state index >= 15 is 0 Å². The van der Waals surface area contributed by atoms with Gasteiger partial charge in [-0.2, -0.15) is 0 Å². The molecule has 0 spiro atoms. The molecule has 0 aliphatic carbocycles. The van der Waals surface area contributed by atoms with E-state index in [9.17, 15) is 15.0 Å². The van der Waals surface area contributed by atoms with Crippen molar-refractivity contribution >= 4 is 11.7 Å². The number of pyridine rings is 1. The molecule has 1 aromatic carbocycles. The molecule has 2 fully saturated rings. The minimum Gasteiger partial charge on any atom is -0.508 e. The van der Waals surface area contributed by atoms with Gasteiger partial charge in [0.2, 0.25) is 5.82 Å². The molecule has 5 rings (SSSR count). The Labute approximate surface area is 234 Å². The first-order chi connectivity index (χ1) is 19.3. The number of nitrogens with one attached hydrogen (secondary N) is 1. The van der Waals surface area contributed by atoms with E-state index < -0.39 is 0 Å². The molecule has 2 saturated heterocycles. The summed E-state index contributed by atoms with van der Waals surface area (Å²) in [5.41, 5.74) is 1.60. The Balaban J connectivity index is 1.46. The summed E-state index contributed by atoms with van der Waals surface area (Å²) in [5.74, 6) is 0.665. The minimum absolute atomic E-state index is 0.000666. The van der Waals surface area contributed by atoms with Gasteiger partial charge in [0, 0.05) is 58.4 Å². The fourth-order valence-corrected chi connectivity index (χ4v) is 5.05. The van der Waals surface area contributed by atoms with Crippen molar-refractivity contribution in [3.05, 3.63) is 41.9 Å². The first kappa shape index (κ1) is 27.8. The van der Waals surface area contributed by atoms with Gasteiger partial charge in [0.05, 0.1) is 30.7 Å². The highest BCUT2D eigenvalue weighted by Gasteiger charge is 2.25. The standard InChI is InChI=1S/C28H38N8O4/c1-19(2)21-16-22(24(38)17-23(21)37)26-31-32-27(28(39)29-6-7-34-10-8-33(3)9-11-34)36(26)20-4-5-25(30-18-20)35-12-14-40-15-13-35/h4-5,16-19,37-38H,6-15H2,1-3H3,(H,29,39). The summed E-state index contributed by atoms with van der Waals surface area (Å²) in [6, 6.07) is 6.77. The van der Waals surface area contributed by atoms with E-state index in [1.165, 1.54) is 6.07 Å². The van der Waals surface area contributed by atoms with Crippen LogP contribution >= 0.6 is 0 Å². The molecule has 0 unspecified atom stereocenters. The number of aromatic hydroxyl groups is 2. The van der Waals surface area contributed by atoms with Crippen LogP contribution in [0.4, 0.5) is 5.82 Å². The third-order valence-corrected chi connectivity index (χ3v) is 7.51. The van der Waals surface area contributed by atoms with Crippen LogP contribution in [0.1, 0.15) is 35.9 Å². The van der Waals surface area contributed by atoms with Gasteiger partial charge in [-0.25, -0.2) is 4.98 Å². The van der Waals surface area contributed by atoms with Crippen molar-refractivity contribution in [2.75, 3.05) is 77.5 Å². The number of amides is 1. The molecule has 1 amide bonds. The van der Waals surface area contributed by atoms with Gasteiger partial charge in [0.25, 0.3) is 5.91 Å². The van der Waals surface area contributed by atoms with E-state index in [-0.39, 0.29) is 35.0 Å². The summed E-state index contributed by atoms with van der Waals surface area (Å²) in [4.78, 5) is 24.8. The van der Waals surface area contributed by atoms with Gasteiger partial charge in [0.1, 0.15) is 17.3 Å². The van der Waals surface area contributed by atoms with Gasteiger partial charge < -0.3 is 30.1 Å². The highest BCUT2D eigenvalue weighted by molar-refractivity contribution is 5.92. The Bertz CT molecular complexity index is 1310. The second-order valence-corrected chi connectivity index (χ2v) is 10.6. The number of rotatable bonds is 8. The molecule has 2 aliphatic rings. The lowest BCUT2D eigenvalue weighted by Crippen LogP contribution is -2.47. The number of carbonyl (C=O) groups is 1. The van der Waals surface area contributed by atoms with E-state index in [2.05, 4.69) is 42.2 Å². The number of piperazine rings is 1. The molecule has 0 radical (unpaired) electrons. The zero-order valence-electron chi connectivity index (χ0n) is 23.4. The zero-order valence-corrected chi connectivity index (χ0v) is 23.4. The summed E-state index contributed by atoms with van der Waals surface area (Å²) in [7, 11) is 2.11. The van der Waals surface area contributed by atoms with Crippen LogP contribution in [-0.2, 0) is 4.74 Å². The molecule has 2 aromatic heterocycles. The van der Waals surface area contributed by atoms with E-state index in [4.69, 9.17) is 4.74 Å². The Morgan fingerprint density at radius 3 is 2.45 bits per heavy atom. The highest BCUT2D eigenvalue weighted by Crippen LogP contribution is 2.38. The van der Waals surface area contributed by atoms with E-state index in [0.717, 1.165) is 51.6 Å². The van der Waals surface area contributed by atoms with Crippen LogP contribution in [0.5, 0.6) is 11.5 Å². The first-order valence-corrected chi connectivity index (χ1v) is 13.8. The minimum atomic E-state index is -0.368. The highest BCUT2D eigenvalue weighted by atomic mass is 16.5. The van der Waals surface area contributed by atoms with Crippen LogP contribution in [0.2, 0.25) is 0 Å². The smallest absolute Gasteiger partial charge is 0.289 e. The monoisotopic (exact) mass is 550 g/mol. The molecule has 0 bridgehead atoms. The average Bonchev–Trinajstić information content (AvgIpc) is 3.39. The Morgan fingerprint density at radius 1 is 1.02 bits per heavy atom. The zero-order chi connectivity index (χ0) is 28.2. The molecule has 4 heterocycles. The molecule has 2 aliphatic heterocycles. The Morgan fingerprint density at radius 2 is 1.77 bits per heavy atom. The second-order valence-electron chi connectivity index (χ2n) is 10.6. The Hall–Kier alpha value is -3.74. The van der Waals surface area contributed by atoms with Crippen LogP contribution in [0.25, 0.3) is 17.1 Å². The van der Waals surface area contributed by atoms with E-state index in [1.807, 2.05) is 26.0 Å². The summed E-state index contributed by atoms with van der Waals surface area (Å²) in [5, 5.41) is 32.8. The number of benzene rings is 1. The molecule has 0 saturated carbocycles. The third kappa shape index (κ3) is 6.03. The predicted molar refractivity (Wildman–Crippen MR) is 151 cm³/mol. The predicted octanol–water partition coefficient (Wildman–Crippen LogP) is 1.68. The van der Waals surface area contributed by atoms with Crippen LogP contribution in [0, 0.1) is 0 Å². The number of likely N-dealkylation sites (N-methyl/N-ethyl adjacent to an activating group) is 1. The fraction of sp³-hybridized carbons (Fsp3) is 0.500. The van der Waals surface area contributed by atoms with Crippen molar-refractivity contribution in [1.29, 1.82) is 0 Å². The SMILES string of the molecule is CC(C)c1cc(-c2nnc(C(=O)NCCN3CCN(C)CC3)n2-c2ccc(N3CCOCC3)nc2)c(O)cc1O.